The third-order valence-electron chi connectivity index (χ3n) is 4.74. The van der Waals surface area contributed by atoms with Gasteiger partial charge < -0.3 is 4.52 Å². The Morgan fingerprint density at radius 3 is 2.48 bits per heavy atom. The Morgan fingerprint density at radius 1 is 1.15 bits per heavy atom. The van der Waals surface area contributed by atoms with E-state index in [9.17, 15) is 8.42 Å². The lowest BCUT2D eigenvalue weighted by atomic mass is 10.1. The van der Waals surface area contributed by atoms with Crippen molar-refractivity contribution in [3.63, 3.8) is 0 Å². The van der Waals surface area contributed by atoms with Gasteiger partial charge in [-0.05, 0) is 31.4 Å². The van der Waals surface area contributed by atoms with Crippen molar-refractivity contribution in [3.8, 4) is 0 Å². The predicted molar refractivity (Wildman–Crippen MR) is 103 cm³/mol. The highest BCUT2D eigenvalue weighted by Gasteiger charge is 2.30. The normalized spacial score (nSPS) is 16.9. The zero-order valence-electron chi connectivity index (χ0n) is 16.5. The van der Waals surface area contributed by atoms with E-state index in [1.807, 2.05) is 26.0 Å². The lowest BCUT2D eigenvalue weighted by molar-refractivity contribution is 0.163. The summed E-state index contributed by atoms with van der Waals surface area (Å²) in [6, 6.07) is 5.47. The Labute approximate surface area is 161 Å². The Hall–Kier alpha value is -1.77. The standard InChI is InChI=1S/C19H28N4O3S/c1-14(2)11-18-20-19(26-21-18)13-22-7-9-23(10-8-22)27(24,25)17-6-5-15(3)12-16(17)4/h5-6,12,14H,7-11,13H2,1-4H3. The van der Waals surface area contributed by atoms with Crippen LogP contribution < -0.4 is 0 Å². The van der Waals surface area contributed by atoms with E-state index in [4.69, 9.17) is 4.52 Å². The van der Waals surface area contributed by atoms with E-state index in [2.05, 4.69) is 28.9 Å². The van der Waals surface area contributed by atoms with E-state index in [1.54, 1.807) is 10.4 Å². The van der Waals surface area contributed by atoms with Gasteiger partial charge in [0.05, 0.1) is 11.4 Å². The molecule has 0 atom stereocenters. The van der Waals surface area contributed by atoms with Gasteiger partial charge in [0.25, 0.3) is 0 Å². The SMILES string of the molecule is Cc1ccc(S(=O)(=O)N2CCN(Cc3nc(CC(C)C)no3)CC2)c(C)c1. The lowest BCUT2D eigenvalue weighted by Gasteiger charge is -2.33. The minimum absolute atomic E-state index is 0.400. The maximum absolute atomic E-state index is 13.0. The Balaban J connectivity index is 1.60. The molecule has 7 nitrogen and oxygen atoms in total. The van der Waals surface area contributed by atoms with E-state index < -0.39 is 10.0 Å². The third-order valence-corrected chi connectivity index (χ3v) is 6.80. The molecule has 0 N–H and O–H groups in total. The molecule has 3 rings (SSSR count). The molecule has 0 bridgehead atoms. The number of hydrogen-bond donors (Lipinski definition) is 0. The van der Waals surface area contributed by atoms with Crippen LogP contribution in [0.1, 0.15) is 36.7 Å². The molecular formula is C19H28N4O3S. The van der Waals surface area contributed by atoms with Gasteiger partial charge in [-0.2, -0.15) is 9.29 Å². The van der Waals surface area contributed by atoms with E-state index >= 15 is 0 Å². The minimum Gasteiger partial charge on any atom is -0.338 e. The highest BCUT2D eigenvalue weighted by Crippen LogP contribution is 2.22. The first-order valence-electron chi connectivity index (χ1n) is 9.37. The van der Waals surface area contributed by atoms with Crippen molar-refractivity contribution in [2.24, 2.45) is 5.92 Å². The molecule has 0 unspecified atom stereocenters. The number of benzene rings is 1. The minimum atomic E-state index is -3.46. The van der Waals surface area contributed by atoms with E-state index in [0.717, 1.165) is 23.4 Å². The molecule has 148 valence electrons. The summed E-state index contributed by atoms with van der Waals surface area (Å²) in [5.41, 5.74) is 1.86. The summed E-state index contributed by atoms with van der Waals surface area (Å²) in [5, 5.41) is 4.01. The summed E-state index contributed by atoms with van der Waals surface area (Å²) >= 11 is 0. The van der Waals surface area contributed by atoms with Gasteiger partial charge in [-0.1, -0.05) is 36.7 Å². The van der Waals surface area contributed by atoms with Crippen LogP contribution in [-0.4, -0.2) is 53.9 Å². The zero-order valence-corrected chi connectivity index (χ0v) is 17.3. The summed E-state index contributed by atoms with van der Waals surface area (Å²) in [5.74, 6) is 1.81. The molecule has 1 fully saturated rings. The molecular weight excluding hydrogens is 364 g/mol. The molecule has 27 heavy (non-hydrogen) atoms. The van der Waals surface area contributed by atoms with Crippen LogP contribution in [0.4, 0.5) is 0 Å². The molecule has 0 aliphatic carbocycles. The number of aryl methyl sites for hydroxylation is 2. The van der Waals surface area contributed by atoms with Crippen LogP contribution in [0.3, 0.4) is 0 Å². The van der Waals surface area contributed by atoms with Crippen molar-refractivity contribution < 1.29 is 12.9 Å². The highest BCUT2D eigenvalue weighted by molar-refractivity contribution is 7.89. The number of piperazine rings is 1. The Kier molecular flexibility index (Phi) is 5.98. The van der Waals surface area contributed by atoms with Gasteiger partial charge in [-0.25, -0.2) is 8.42 Å². The first kappa shape index (κ1) is 20.0. The summed E-state index contributed by atoms with van der Waals surface area (Å²) in [4.78, 5) is 6.98. The van der Waals surface area contributed by atoms with E-state index in [1.165, 1.54) is 0 Å². The summed E-state index contributed by atoms with van der Waals surface area (Å²) < 4.78 is 32.8. The van der Waals surface area contributed by atoms with Gasteiger partial charge in [0.1, 0.15) is 0 Å². The van der Waals surface area contributed by atoms with Gasteiger partial charge in [0.2, 0.25) is 15.9 Å². The fourth-order valence-electron chi connectivity index (χ4n) is 3.35. The lowest BCUT2D eigenvalue weighted by Crippen LogP contribution is -2.48. The predicted octanol–water partition coefficient (Wildman–Crippen LogP) is 2.39. The topological polar surface area (TPSA) is 79.5 Å². The maximum Gasteiger partial charge on any atom is 0.243 e. The first-order chi connectivity index (χ1) is 12.8. The summed E-state index contributed by atoms with van der Waals surface area (Å²) in [6.45, 7) is 10.8. The van der Waals surface area contributed by atoms with Gasteiger partial charge in [-0.3, -0.25) is 4.90 Å². The Morgan fingerprint density at radius 2 is 1.85 bits per heavy atom. The second-order valence-corrected chi connectivity index (χ2v) is 9.56. The van der Waals surface area contributed by atoms with Crippen LogP contribution in [0.25, 0.3) is 0 Å². The number of sulfonamides is 1. The quantitative estimate of drug-likeness (QED) is 0.751. The number of nitrogens with zero attached hydrogens (tertiary/aromatic N) is 4. The molecule has 2 heterocycles. The van der Waals surface area contributed by atoms with Gasteiger partial charge in [-0.15, -0.1) is 0 Å². The summed E-state index contributed by atoms with van der Waals surface area (Å²) in [7, 11) is -3.46. The molecule has 1 aliphatic rings. The Bertz CT molecular complexity index is 884. The molecule has 1 saturated heterocycles. The molecule has 1 aliphatic heterocycles. The monoisotopic (exact) mass is 392 g/mol. The molecule has 1 aromatic carbocycles. The van der Waals surface area contributed by atoms with Gasteiger partial charge in [0, 0.05) is 32.6 Å². The maximum atomic E-state index is 13.0. The van der Waals surface area contributed by atoms with E-state index in [-0.39, 0.29) is 0 Å². The zero-order chi connectivity index (χ0) is 19.6. The van der Waals surface area contributed by atoms with Crippen molar-refractivity contribution >= 4 is 10.0 Å². The van der Waals surface area contributed by atoms with Crippen LogP contribution >= 0.6 is 0 Å². The van der Waals surface area contributed by atoms with Crippen LogP contribution in [0.15, 0.2) is 27.6 Å². The van der Waals surface area contributed by atoms with Crippen molar-refractivity contribution in [3.05, 3.63) is 41.0 Å². The fraction of sp³-hybridized carbons (Fsp3) is 0.579. The van der Waals surface area contributed by atoms with Gasteiger partial charge in [0.15, 0.2) is 5.82 Å². The number of aromatic nitrogens is 2. The second-order valence-electron chi connectivity index (χ2n) is 7.65. The molecule has 0 radical (unpaired) electrons. The molecule has 0 amide bonds. The van der Waals surface area contributed by atoms with Crippen molar-refractivity contribution in [2.45, 2.75) is 45.6 Å². The average Bonchev–Trinajstić information content (AvgIpc) is 3.01. The van der Waals surface area contributed by atoms with Crippen LogP contribution in [0.2, 0.25) is 0 Å². The number of hydrogen-bond acceptors (Lipinski definition) is 6. The highest BCUT2D eigenvalue weighted by atomic mass is 32.2. The van der Waals surface area contributed by atoms with Crippen molar-refractivity contribution in [1.82, 2.24) is 19.3 Å². The van der Waals surface area contributed by atoms with Gasteiger partial charge >= 0.3 is 0 Å². The summed E-state index contributed by atoms with van der Waals surface area (Å²) in [6.07, 6.45) is 0.797. The van der Waals surface area contributed by atoms with Crippen LogP contribution in [0, 0.1) is 19.8 Å². The van der Waals surface area contributed by atoms with Crippen LogP contribution in [-0.2, 0) is 23.0 Å². The smallest absolute Gasteiger partial charge is 0.243 e. The average molecular weight is 393 g/mol. The van der Waals surface area contributed by atoms with Crippen molar-refractivity contribution in [1.29, 1.82) is 0 Å². The largest absolute Gasteiger partial charge is 0.338 e. The second kappa shape index (κ2) is 8.08. The van der Waals surface area contributed by atoms with Crippen LogP contribution in [0.5, 0.6) is 0 Å². The third kappa shape index (κ3) is 4.75. The number of rotatable bonds is 6. The van der Waals surface area contributed by atoms with E-state index in [0.29, 0.717) is 49.4 Å². The molecule has 8 heteroatoms. The molecule has 0 spiro atoms. The van der Waals surface area contributed by atoms with Crippen molar-refractivity contribution in [2.75, 3.05) is 26.2 Å². The fourth-order valence-corrected chi connectivity index (χ4v) is 4.98. The molecule has 1 aromatic heterocycles. The molecule has 0 saturated carbocycles. The molecule has 2 aromatic rings. The first-order valence-corrected chi connectivity index (χ1v) is 10.8.